The molecule has 0 fully saturated rings. The van der Waals surface area contributed by atoms with Gasteiger partial charge in [0, 0.05) is 14.7 Å². The van der Waals surface area contributed by atoms with Gasteiger partial charge in [0.1, 0.15) is 11.9 Å². The number of aliphatic hydroxyl groups is 1. The summed E-state index contributed by atoms with van der Waals surface area (Å²) < 4.78 is 6.08. The summed E-state index contributed by atoms with van der Waals surface area (Å²) >= 11 is 4.83. The Morgan fingerprint density at radius 2 is 2.38 bits per heavy atom. The molecule has 2 rings (SSSR count). The Bertz CT molecular complexity index is 380. The molecule has 2 heterocycles. The lowest BCUT2D eigenvalue weighted by Gasteiger charge is -2.03. The van der Waals surface area contributed by atoms with E-state index in [1.807, 2.05) is 11.4 Å². The molecule has 2 aromatic rings. The Hall–Kier alpha value is -0.580. The van der Waals surface area contributed by atoms with Crippen LogP contribution in [0.2, 0.25) is 0 Å². The normalized spacial score (nSPS) is 13.1. The molecule has 0 amide bonds. The minimum atomic E-state index is -0.647. The number of furan rings is 1. The Morgan fingerprint density at radius 3 is 2.92 bits per heavy atom. The fraction of sp³-hybridized carbons (Fsp3) is 0.111. The summed E-state index contributed by atoms with van der Waals surface area (Å²) in [5, 5.41) is 11.7. The van der Waals surface area contributed by atoms with Gasteiger partial charge >= 0.3 is 0 Å². The number of thiophene rings is 1. The molecule has 2 aromatic heterocycles. The van der Waals surface area contributed by atoms with Crippen LogP contribution in [-0.4, -0.2) is 5.11 Å². The molecule has 1 unspecified atom stereocenters. The van der Waals surface area contributed by atoms with Crippen molar-refractivity contribution in [3.05, 3.63) is 45.0 Å². The molecule has 0 aliphatic carbocycles. The third-order valence-electron chi connectivity index (χ3n) is 1.67. The van der Waals surface area contributed by atoms with Crippen LogP contribution < -0.4 is 0 Å². The number of hydrogen-bond donors (Lipinski definition) is 1. The highest BCUT2D eigenvalue weighted by atomic mass is 79.9. The second kappa shape index (κ2) is 3.65. The first-order valence-electron chi connectivity index (χ1n) is 3.73. The van der Waals surface area contributed by atoms with Gasteiger partial charge in [-0.15, -0.1) is 11.3 Å². The van der Waals surface area contributed by atoms with Gasteiger partial charge in [-0.2, -0.15) is 0 Å². The van der Waals surface area contributed by atoms with E-state index in [0.717, 1.165) is 9.35 Å². The van der Waals surface area contributed by atoms with E-state index in [0.29, 0.717) is 5.76 Å². The maximum atomic E-state index is 9.79. The molecule has 0 saturated heterocycles. The van der Waals surface area contributed by atoms with Gasteiger partial charge in [0.15, 0.2) is 0 Å². The molecule has 0 aromatic carbocycles. The standard InChI is InChI=1S/C9H7BrO2S/c10-6-4-8(13-5-6)9(11)7-2-1-3-12-7/h1-5,9,11H. The fourth-order valence-corrected chi connectivity index (χ4v) is 2.49. The van der Waals surface area contributed by atoms with Gasteiger partial charge in [-0.05, 0) is 34.1 Å². The highest BCUT2D eigenvalue weighted by molar-refractivity contribution is 9.10. The maximum Gasteiger partial charge on any atom is 0.146 e. The summed E-state index contributed by atoms with van der Waals surface area (Å²) in [6.45, 7) is 0. The molecule has 0 saturated carbocycles. The Labute approximate surface area is 87.9 Å². The van der Waals surface area contributed by atoms with Crippen molar-refractivity contribution in [2.75, 3.05) is 0 Å². The fourth-order valence-electron chi connectivity index (χ4n) is 1.06. The zero-order chi connectivity index (χ0) is 9.26. The van der Waals surface area contributed by atoms with Crippen molar-refractivity contribution >= 4 is 27.3 Å². The van der Waals surface area contributed by atoms with E-state index in [2.05, 4.69) is 15.9 Å². The molecule has 13 heavy (non-hydrogen) atoms. The number of hydrogen-bond acceptors (Lipinski definition) is 3. The van der Waals surface area contributed by atoms with Crippen molar-refractivity contribution in [2.45, 2.75) is 6.10 Å². The Morgan fingerprint density at radius 1 is 1.54 bits per heavy atom. The van der Waals surface area contributed by atoms with Gasteiger partial charge < -0.3 is 9.52 Å². The predicted octanol–water partition coefficient (Wildman–Crippen LogP) is 3.19. The van der Waals surface area contributed by atoms with Crippen LogP contribution in [0.4, 0.5) is 0 Å². The first kappa shape index (κ1) is 8.99. The summed E-state index contributed by atoms with van der Waals surface area (Å²) in [6.07, 6.45) is 0.910. The van der Waals surface area contributed by atoms with Crippen molar-refractivity contribution in [1.29, 1.82) is 0 Å². The van der Waals surface area contributed by atoms with E-state index in [9.17, 15) is 5.11 Å². The molecule has 2 nitrogen and oxygen atoms in total. The molecule has 0 radical (unpaired) electrons. The van der Waals surface area contributed by atoms with E-state index in [-0.39, 0.29) is 0 Å². The highest BCUT2D eigenvalue weighted by Gasteiger charge is 2.14. The zero-order valence-electron chi connectivity index (χ0n) is 6.61. The van der Waals surface area contributed by atoms with Gasteiger partial charge in [-0.3, -0.25) is 0 Å². The minimum absolute atomic E-state index is 0.578. The molecule has 0 aliphatic heterocycles. The first-order valence-corrected chi connectivity index (χ1v) is 5.40. The molecule has 1 atom stereocenters. The van der Waals surface area contributed by atoms with E-state index >= 15 is 0 Å². The van der Waals surface area contributed by atoms with E-state index < -0.39 is 6.10 Å². The van der Waals surface area contributed by atoms with Crippen molar-refractivity contribution < 1.29 is 9.52 Å². The van der Waals surface area contributed by atoms with Gasteiger partial charge in [-0.25, -0.2) is 0 Å². The van der Waals surface area contributed by atoms with Crippen molar-refractivity contribution in [3.8, 4) is 0 Å². The number of aliphatic hydroxyl groups excluding tert-OH is 1. The molecule has 0 spiro atoms. The summed E-state index contributed by atoms with van der Waals surface area (Å²) in [5.74, 6) is 0.578. The average Bonchev–Trinajstić information content (AvgIpc) is 2.72. The smallest absolute Gasteiger partial charge is 0.146 e. The lowest BCUT2D eigenvalue weighted by molar-refractivity contribution is 0.193. The lowest BCUT2D eigenvalue weighted by atomic mass is 10.2. The quantitative estimate of drug-likeness (QED) is 0.898. The van der Waals surface area contributed by atoms with E-state index in [1.54, 1.807) is 18.4 Å². The monoisotopic (exact) mass is 258 g/mol. The minimum Gasteiger partial charge on any atom is -0.466 e. The van der Waals surface area contributed by atoms with Crippen molar-refractivity contribution in [2.24, 2.45) is 0 Å². The number of halogens is 1. The number of rotatable bonds is 2. The SMILES string of the molecule is OC(c1ccco1)c1cc(Br)cs1. The summed E-state index contributed by atoms with van der Waals surface area (Å²) in [7, 11) is 0. The van der Waals surface area contributed by atoms with Crippen LogP contribution in [0, 0.1) is 0 Å². The van der Waals surface area contributed by atoms with Crippen molar-refractivity contribution in [3.63, 3.8) is 0 Å². The summed E-state index contributed by atoms with van der Waals surface area (Å²) in [4.78, 5) is 0.877. The third-order valence-corrected chi connectivity index (χ3v) is 3.42. The summed E-state index contributed by atoms with van der Waals surface area (Å²) in [6, 6.07) is 5.41. The Balaban J connectivity index is 2.28. The molecule has 4 heteroatoms. The largest absolute Gasteiger partial charge is 0.466 e. The van der Waals surface area contributed by atoms with E-state index in [4.69, 9.17) is 4.42 Å². The zero-order valence-corrected chi connectivity index (χ0v) is 9.01. The first-order chi connectivity index (χ1) is 6.27. The lowest BCUT2D eigenvalue weighted by Crippen LogP contribution is -1.93. The average molecular weight is 259 g/mol. The molecular weight excluding hydrogens is 252 g/mol. The van der Waals surface area contributed by atoms with Crippen LogP contribution in [0.15, 0.2) is 38.7 Å². The maximum absolute atomic E-state index is 9.79. The van der Waals surface area contributed by atoms with Crippen LogP contribution in [0.3, 0.4) is 0 Å². The van der Waals surface area contributed by atoms with Crippen LogP contribution in [0.1, 0.15) is 16.7 Å². The molecular formula is C9H7BrO2S. The predicted molar refractivity (Wildman–Crippen MR) is 54.8 cm³/mol. The second-order valence-electron chi connectivity index (χ2n) is 2.59. The van der Waals surface area contributed by atoms with Gasteiger partial charge in [0.05, 0.1) is 6.26 Å². The van der Waals surface area contributed by atoms with Gasteiger partial charge in [0.25, 0.3) is 0 Å². The van der Waals surface area contributed by atoms with Gasteiger partial charge in [-0.1, -0.05) is 0 Å². The van der Waals surface area contributed by atoms with Gasteiger partial charge in [0.2, 0.25) is 0 Å². The highest BCUT2D eigenvalue weighted by Crippen LogP contribution is 2.29. The molecule has 68 valence electrons. The molecule has 0 aliphatic rings. The second-order valence-corrected chi connectivity index (χ2v) is 4.44. The third kappa shape index (κ3) is 1.85. The van der Waals surface area contributed by atoms with Crippen molar-refractivity contribution in [1.82, 2.24) is 0 Å². The van der Waals surface area contributed by atoms with Crippen LogP contribution in [-0.2, 0) is 0 Å². The van der Waals surface area contributed by atoms with E-state index in [1.165, 1.54) is 11.3 Å². The van der Waals surface area contributed by atoms with Crippen LogP contribution in [0.5, 0.6) is 0 Å². The topological polar surface area (TPSA) is 33.4 Å². The Kier molecular flexibility index (Phi) is 2.53. The molecule has 1 N–H and O–H groups in total. The molecule has 0 bridgehead atoms. The van der Waals surface area contributed by atoms with Crippen LogP contribution >= 0.6 is 27.3 Å². The van der Waals surface area contributed by atoms with Crippen LogP contribution in [0.25, 0.3) is 0 Å². The summed E-state index contributed by atoms with van der Waals surface area (Å²) in [5.41, 5.74) is 0.